The Kier molecular flexibility index (Phi) is 5.15. The molecule has 1 fully saturated rings. The second-order valence-corrected chi connectivity index (χ2v) is 5.77. The molecule has 1 aliphatic carbocycles. The molecule has 1 aromatic rings. The lowest BCUT2D eigenvalue weighted by molar-refractivity contribution is -0.127. The first-order valence-corrected chi connectivity index (χ1v) is 7.33. The number of hydrogen-bond acceptors (Lipinski definition) is 3. The van der Waals surface area contributed by atoms with Crippen molar-refractivity contribution < 1.29 is 9.90 Å². The summed E-state index contributed by atoms with van der Waals surface area (Å²) in [5.74, 6) is -0.0501. The third-order valence-electron chi connectivity index (χ3n) is 4.03. The smallest absolute Gasteiger partial charge is 0.223 e. The molecule has 4 nitrogen and oxygen atoms in total. The fourth-order valence-corrected chi connectivity index (χ4v) is 2.75. The molecule has 0 radical (unpaired) electrons. The SMILES string of the molecule is Cc1cccc(CCNC(=O)[C@H]2CC[C@@H](N)[C@H](O)C2)c1. The number of nitrogens with two attached hydrogens (primary N) is 1. The van der Waals surface area contributed by atoms with E-state index in [4.69, 9.17) is 5.73 Å². The van der Waals surface area contributed by atoms with Gasteiger partial charge in [-0.3, -0.25) is 4.79 Å². The Labute approximate surface area is 120 Å². The van der Waals surface area contributed by atoms with Crippen LogP contribution in [0.4, 0.5) is 0 Å². The first-order valence-electron chi connectivity index (χ1n) is 7.33. The number of aliphatic hydroxyl groups is 1. The molecule has 3 atom stereocenters. The minimum absolute atomic E-state index is 0.0450. The van der Waals surface area contributed by atoms with Crippen LogP contribution in [0, 0.1) is 12.8 Å². The molecule has 0 aliphatic heterocycles. The Morgan fingerprint density at radius 3 is 2.95 bits per heavy atom. The van der Waals surface area contributed by atoms with Crippen LogP contribution in [0.3, 0.4) is 0 Å². The van der Waals surface area contributed by atoms with Crippen molar-refractivity contribution in [1.29, 1.82) is 0 Å². The highest BCUT2D eigenvalue weighted by Crippen LogP contribution is 2.23. The maximum atomic E-state index is 12.0. The fourth-order valence-electron chi connectivity index (χ4n) is 2.75. The zero-order valence-electron chi connectivity index (χ0n) is 12.0. The van der Waals surface area contributed by atoms with Gasteiger partial charge in [-0.1, -0.05) is 29.8 Å². The second kappa shape index (κ2) is 6.86. The summed E-state index contributed by atoms with van der Waals surface area (Å²) in [4.78, 5) is 12.0. The van der Waals surface area contributed by atoms with E-state index in [9.17, 15) is 9.90 Å². The Morgan fingerprint density at radius 1 is 1.45 bits per heavy atom. The lowest BCUT2D eigenvalue weighted by Crippen LogP contribution is -2.44. The molecule has 0 aromatic heterocycles. The van der Waals surface area contributed by atoms with E-state index in [0.29, 0.717) is 13.0 Å². The van der Waals surface area contributed by atoms with Crippen LogP contribution >= 0.6 is 0 Å². The minimum Gasteiger partial charge on any atom is -0.391 e. The van der Waals surface area contributed by atoms with E-state index in [-0.39, 0.29) is 17.9 Å². The van der Waals surface area contributed by atoms with Crippen molar-refractivity contribution in [3.8, 4) is 0 Å². The first kappa shape index (κ1) is 15.0. The number of aliphatic hydroxyl groups excluding tert-OH is 1. The maximum Gasteiger partial charge on any atom is 0.223 e. The summed E-state index contributed by atoms with van der Waals surface area (Å²) in [6, 6.07) is 8.13. The van der Waals surface area contributed by atoms with E-state index in [1.54, 1.807) is 0 Å². The third kappa shape index (κ3) is 4.05. The van der Waals surface area contributed by atoms with Gasteiger partial charge in [0, 0.05) is 18.5 Å². The molecule has 110 valence electrons. The average Bonchev–Trinajstić information content (AvgIpc) is 2.42. The molecule has 0 unspecified atom stereocenters. The van der Waals surface area contributed by atoms with E-state index in [1.807, 2.05) is 6.07 Å². The predicted octanol–water partition coefficient (Wildman–Crippen LogP) is 1.14. The van der Waals surface area contributed by atoms with Crippen LogP contribution in [0.5, 0.6) is 0 Å². The van der Waals surface area contributed by atoms with Crippen molar-refractivity contribution >= 4 is 5.91 Å². The fraction of sp³-hybridized carbons (Fsp3) is 0.562. The summed E-state index contributed by atoms with van der Waals surface area (Å²) in [6.45, 7) is 2.70. The van der Waals surface area contributed by atoms with Crippen LogP contribution in [0.2, 0.25) is 0 Å². The van der Waals surface area contributed by atoms with E-state index >= 15 is 0 Å². The predicted molar refractivity (Wildman–Crippen MR) is 79.2 cm³/mol. The quantitative estimate of drug-likeness (QED) is 0.772. The van der Waals surface area contributed by atoms with Crippen LogP contribution in [-0.4, -0.2) is 29.7 Å². The molecule has 4 heteroatoms. The van der Waals surface area contributed by atoms with Crippen molar-refractivity contribution in [3.63, 3.8) is 0 Å². The Bertz CT molecular complexity index is 462. The average molecular weight is 276 g/mol. The number of amides is 1. The molecule has 0 heterocycles. The summed E-state index contributed by atoms with van der Waals surface area (Å²) in [5, 5.41) is 12.7. The molecule has 0 bridgehead atoms. The molecule has 2 rings (SSSR count). The first-order chi connectivity index (χ1) is 9.56. The van der Waals surface area contributed by atoms with Gasteiger partial charge in [-0.2, -0.15) is 0 Å². The third-order valence-corrected chi connectivity index (χ3v) is 4.03. The Morgan fingerprint density at radius 2 is 2.25 bits per heavy atom. The molecule has 0 spiro atoms. The second-order valence-electron chi connectivity index (χ2n) is 5.77. The number of hydrogen-bond donors (Lipinski definition) is 3. The molecular formula is C16H24N2O2. The normalized spacial score (nSPS) is 26.2. The highest BCUT2D eigenvalue weighted by molar-refractivity contribution is 5.78. The molecule has 0 saturated heterocycles. The van der Waals surface area contributed by atoms with Crippen LogP contribution < -0.4 is 11.1 Å². The molecule has 4 N–H and O–H groups in total. The van der Waals surface area contributed by atoms with Crippen molar-refractivity contribution in [1.82, 2.24) is 5.32 Å². The molecular weight excluding hydrogens is 252 g/mol. The number of benzene rings is 1. The lowest BCUT2D eigenvalue weighted by atomic mass is 9.84. The van der Waals surface area contributed by atoms with Gasteiger partial charge in [0.2, 0.25) is 5.91 Å². The Balaban J connectivity index is 1.75. The molecule has 1 aliphatic rings. The summed E-state index contributed by atoms with van der Waals surface area (Å²) in [7, 11) is 0. The van der Waals surface area contributed by atoms with Gasteiger partial charge in [-0.25, -0.2) is 0 Å². The van der Waals surface area contributed by atoms with E-state index in [1.165, 1.54) is 11.1 Å². The van der Waals surface area contributed by atoms with Crippen molar-refractivity contribution in [2.75, 3.05) is 6.54 Å². The van der Waals surface area contributed by atoms with Crippen LogP contribution in [0.15, 0.2) is 24.3 Å². The van der Waals surface area contributed by atoms with E-state index in [2.05, 4.69) is 30.4 Å². The van der Waals surface area contributed by atoms with Gasteiger partial charge in [0.05, 0.1) is 6.10 Å². The van der Waals surface area contributed by atoms with Gasteiger partial charge in [-0.05, 0) is 38.2 Å². The van der Waals surface area contributed by atoms with Crippen molar-refractivity contribution in [2.24, 2.45) is 11.7 Å². The summed E-state index contributed by atoms with van der Waals surface area (Å²) < 4.78 is 0. The summed E-state index contributed by atoms with van der Waals surface area (Å²) in [6.07, 6.45) is 2.27. The van der Waals surface area contributed by atoms with E-state index in [0.717, 1.165) is 19.3 Å². The lowest BCUT2D eigenvalue weighted by Gasteiger charge is -2.29. The zero-order valence-corrected chi connectivity index (χ0v) is 12.0. The molecule has 1 saturated carbocycles. The highest BCUT2D eigenvalue weighted by atomic mass is 16.3. The van der Waals surface area contributed by atoms with Crippen LogP contribution in [0.1, 0.15) is 30.4 Å². The molecule has 20 heavy (non-hydrogen) atoms. The standard InChI is InChI=1S/C16H24N2O2/c1-11-3-2-4-12(9-11)7-8-18-16(20)13-5-6-14(17)15(19)10-13/h2-4,9,13-15,19H,5-8,10,17H2,1H3,(H,18,20)/t13-,14+,15+/m0/s1. The topological polar surface area (TPSA) is 75.4 Å². The summed E-state index contributed by atoms with van der Waals surface area (Å²) >= 11 is 0. The van der Waals surface area contributed by atoms with Crippen LogP contribution in [0.25, 0.3) is 0 Å². The number of carbonyl (C=O) groups excluding carboxylic acids is 1. The van der Waals surface area contributed by atoms with Gasteiger partial charge in [0.15, 0.2) is 0 Å². The van der Waals surface area contributed by atoms with Crippen molar-refractivity contribution in [2.45, 2.75) is 44.8 Å². The summed E-state index contributed by atoms with van der Waals surface area (Å²) in [5.41, 5.74) is 8.22. The number of carbonyl (C=O) groups is 1. The largest absolute Gasteiger partial charge is 0.391 e. The number of rotatable bonds is 4. The van der Waals surface area contributed by atoms with Gasteiger partial charge in [-0.15, -0.1) is 0 Å². The zero-order chi connectivity index (χ0) is 14.5. The minimum atomic E-state index is -0.545. The molecule has 1 aromatic carbocycles. The number of aryl methyl sites for hydroxylation is 1. The van der Waals surface area contributed by atoms with Gasteiger partial charge < -0.3 is 16.2 Å². The van der Waals surface area contributed by atoms with Gasteiger partial charge in [0.1, 0.15) is 0 Å². The number of nitrogens with one attached hydrogen (secondary N) is 1. The van der Waals surface area contributed by atoms with Gasteiger partial charge in [0.25, 0.3) is 0 Å². The maximum absolute atomic E-state index is 12.0. The van der Waals surface area contributed by atoms with E-state index < -0.39 is 6.10 Å². The Hall–Kier alpha value is -1.39. The van der Waals surface area contributed by atoms with Crippen LogP contribution in [-0.2, 0) is 11.2 Å². The monoisotopic (exact) mass is 276 g/mol. The molecule has 1 amide bonds. The highest BCUT2D eigenvalue weighted by Gasteiger charge is 2.30. The van der Waals surface area contributed by atoms with Crippen molar-refractivity contribution in [3.05, 3.63) is 35.4 Å². The van der Waals surface area contributed by atoms with Gasteiger partial charge >= 0.3 is 0 Å².